The number of anilines is 2. The van der Waals surface area contributed by atoms with Crippen LogP contribution in [0.1, 0.15) is 53.9 Å². The van der Waals surface area contributed by atoms with E-state index in [1.165, 1.54) is 36.0 Å². The molecule has 0 saturated carbocycles. The first kappa shape index (κ1) is 24.5. The summed E-state index contributed by atoms with van der Waals surface area (Å²) in [5, 5.41) is 2.91. The van der Waals surface area contributed by atoms with Gasteiger partial charge in [0, 0.05) is 31.5 Å². The maximum Gasteiger partial charge on any atom is 0.248 e. The number of carbonyl (C=O) groups is 1. The van der Waals surface area contributed by atoms with Crippen LogP contribution in [0, 0.1) is 5.41 Å². The van der Waals surface area contributed by atoms with Crippen molar-refractivity contribution in [2.45, 2.75) is 53.9 Å². The van der Waals surface area contributed by atoms with E-state index in [2.05, 4.69) is 51.2 Å². The molecular formula is C28H38N2O. The van der Waals surface area contributed by atoms with Crippen molar-refractivity contribution in [3.05, 3.63) is 83.0 Å². The first-order valence-corrected chi connectivity index (χ1v) is 11.1. The summed E-state index contributed by atoms with van der Waals surface area (Å²) < 4.78 is 0. The van der Waals surface area contributed by atoms with Gasteiger partial charge in [0.05, 0.1) is 0 Å². The van der Waals surface area contributed by atoms with Crippen molar-refractivity contribution in [2.75, 3.05) is 24.3 Å². The minimum atomic E-state index is -0.123. The Kier molecular flexibility index (Phi) is 8.67. The van der Waals surface area contributed by atoms with Gasteiger partial charge in [-0.2, -0.15) is 0 Å². The molecule has 0 radical (unpaired) electrons. The topological polar surface area (TPSA) is 32.3 Å². The van der Waals surface area contributed by atoms with E-state index in [0.29, 0.717) is 0 Å². The highest BCUT2D eigenvalue weighted by Crippen LogP contribution is 2.40. The molecule has 1 aromatic carbocycles. The van der Waals surface area contributed by atoms with Crippen LogP contribution in [-0.4, -0.2) is 20.0 Å². The predicted octanol–water partition coefficient (Wildman–Crippen LogP) is 7.22. The molecule has 1 N–H and O–H groups in total. The molecule has 166 valence electrons. The number of carbonyl (C=O) groups excluding carboxylic acids is 1. The summed E-state index contributed by atoms with van der Waals surface area (Å²) >= 11 is 0. The van der Waals surface area contributed by atoms with E-state index in [4.69, 9.17) is 0 Å². The Morgan fingerprint density at radius 3 is 2.35 bits per heavy atom. The Morgan fingerprint density at radius 2 is 1.74 bits per heavy atom. The lowest BCUT2D eigenvalue weighted by atomic mass is 9.72. The van der Waals surface area contributed by atoms with Gasteiger partial charge in [-0.3, -0.25) is 4.79 Å². The number of nitrogens with one attached hydrogen (secondary N) is 1. The standard InChI is InChI=1S/C28H38N2O/c1-21(13-18-26-23(3)12-9-19-28(26,4)5)10-8-11-22(2)20-27(31)29-24-14-16-25(17-15-24)30(6)7/h8,10-11,13-18,20H,9,12,19H2,1-7H3,(H,29,31)/b11-8+,18-13+,21-10+,22-20+. The normalized spacial score (nSPS) is 17.5. The Morgan fingerprint density at radius 1 is 1.06 bits per heavy atom. The lowest BCUT2D eigenvalue weighted by Crippen LogP contribution is -2.19. The van der Waals surface area contributed by atoms with Crippen LogP contribution < -0.4 is 10.2 Å². The van der Waals surface area contributed by atoms with Crippen LogP contribution in [0.25, 0.3) is 0 Å². The van der Waals surface area contributed by atoms with Crippen LogP contribution in [0.4, 0.5) is 11.4 Å². The van der Waals surface area contributed by atoms with Crippen LogP contribution in [0.2, 0.25) is 0 Å². The highest BCUT2D eigenvalue weighted by molar-refractivity contribution is 6.00. The van der Waals surface area contributed by atoms with Crippen molar-refractivity contribution >= 4 is 17.3 Å². The average Bonchev–Trinajstić information content (AvgIpc) is 2.67. The molecule has 0 saturated heterocycles. The molecule has 0 bridgehead atoms. The quantitative estimate of drug-likeness (QED) is 0.374. The smallest absolute Gasteiger partial charge is 0.248 e. The fourth-order valence-electron chi connectivity index (χ4n) is 3.91. The summed E-state index contributed by atoms with van der Waals surface area (Å²) in [6, 6.07) is 7.79. The number of hydrogen-bond donors (Lipinski definition) is 1. The summed E-state index contributed by atoms with van der Waals surface area (Å²) in [6.45, 7) is 11.0. The largest absolute Gasteiger partial charge is 0.378 e. The first-order valence-electron chi connectivity index (χ1n) is 11.1. The number of nitrogens with zero attached hydrogens (tertiary/aromatic N) is 1. The lowest BCUT2D eigenvalue weighted by molar-refractivity contribution is -0.111. The van der Waals surface area contributed by atoms with Crippen LogP contribution >= 0.6 is 0 Å². The van der Waals surface area contributed by atoms with Gasteiger partial charge in [0.25, 0.3) is 0 Å². The second kappa shape index (κ2) is 11.0. The monoisotopic (exact) mass is 418 g/mol. The van der Waals surface area contributed by atoms with Gasteiger partial charge in [-0.25, -0.2) is 0 Å². The molecule has 3 heteroatoms. The number of amides is 1. The number of hydrogen-bond acceptors (Lipinski definition) is 2. The molecule has 2 rings (SSSR count). The Labute approximate surface area is 188 Å². The van der Waals surface area contributed by atoms with Gasteiger partial charge in [-0.1, -0.05) is 55.4 Å². The molecule has 0 spiro atoms. The molecule has 0 aliphatic heterocycles. The van der Waals surface area contributed by atoms with E-state index >= 15 is 0 Å². The third kappa shape index (κ3) is 7.75. The zero-order valence-electron chi connectivity index (χ0n) is 20.3. The summed E-state index contributed by atoms with van der Waals surface area (Å²) in [6.07, 6.45) is 15.9. The van der Waals surface area contributed by atoms with Gasteiger partial charge in [0.15, 0.2) is 0 Å². The average molecular weight is 419 g/mol. The summed E-state index contributed by atoms with van der Waals surface area (Å²) in [5.74, 6) is -0.123. The fraction of sp³-hybridized carbons (Fsp3) is 0.393. The van der Waals surface area contributed by atoms with Gasteiger partial charge in [-0.05, 0) is 80.9 Å². The van der Waals surface area contributed by atoms with Crippen molar-refractivity contribution in [3.8, 4) is 0 Å². The lowest BCUT2D eigenvalue weighted by Gasteiger charge is -2.32. The van der Waals surface area contributed by atoms with E-state index < -0.39 is 0 Å². The third-order valence-electron chi connectivity index (χ3n) is 5.78. The third-order valence-corrected chi connectivity index (χ3v) is 5.78. The van der Waals surface area contributed by atoms with E-state index in [1.54, 1.807) is 6.08 Å². The van der Waals surface area contributed by atoms with Crippen LogP contribution in [0.3, 0.4) is 0 Å². The zero-order valence-corrected chi connectivity index (χ0v) is 20.3. The highest BCUT2D eigenvalue weighted by Gasteiger charge is 2.26. The van der Waals surface area contributed by atoms with Crippen LogP contribution in [0.15, 0.2) is 83.0 Å². The fourth-order valence-corrected chi connectivity index (χ4v) is 3.91. The van der Waals surface area contributed by atoms with Gasteiger partial charge < -0.3 is 10.2 Å². The van der Waals surface area contributed by atoms with E-state index in [0.717, 1.165) is 16.9 Å². The van der Waals surface area contributed by atoms with Crippen LogP contribution in [-0.2, 0) is 4.79 Å². The maximum atomic E-state index is 12.2. The summed E-state index contributed by atoms with van der Waals surface area (Å²) in [7, 11) is 3.99. The minimum absolute atomic E-state index is 0.123. The molecule has 0 atom stereocenters. The predicted molar refractivity (Wildman–Crippen MR) is 136 cm³/mol. The molecule has 0 fully saturated rings. The molecule has 1 aliphatic rings. The molecule has 1 amide bonds. The highest BCUT2D eigenvalue weighted by atomic mass is 16.1. The molecule has 0 aromatic heterocycles. The Balaban J connectivity index is 1.95. The van der Waals surface area contributed by atoms with E-state index in [1.807, 2.05) is 62.3 Å². The number of allylic oxidation sites excluding steroid dienone is 9. The van der Waals surface area contributed by atoms with Gasteiger partial charge >= 0.3 is 0 Å². The number of rotatable bonds is 7. The minimum Gasteiger partial charge on any atom is -0.378 e. The molecule has 0 heterocycles. The van der Waals surface area contributed by atoms with E-state index in [9.17, 15) is 4.79 Å². The van der Waals surface area contributed by atoms with Crippen molar-refractivity contribution in [1.29, 1.82) is 0 Å². The second-order valence-electron chi connectivity index (χ2n) is 9.35. The molecule has 31 heavy (non-hydrogen) atoms. The van der Waals surface area contributed by atoms with Crippen molar-refractivity contribution < 1.29 is 4.79 Å². The molecule has 1 aromatic rings. The van der Waals surface area contributed by atoms with Crippen molar-refractivity contribution in [1.82, 2.24) is 0 Å². The Bertz CT molecular complexity index is 922. The molecule has 0 unspecified atom stereocenters. The first-order chi connectivity index (χ1) is 14.6. The second-order valence-corrected chi connectivity index (χ2v) is 9.35. The molecule has 3 nitrogen and oxygen atoms in total. The SMILES string of the molecule is CC1=C(/C=C/C(C)=C/C=C/C(C)=C/C(=O)Nc2ccc(N(C)C)cc2)C(C)(C)CCC1. The number of benzene rings is 1. The van der Waals surface area contributed by atoms with E-state index in [-0.39, 0.29) is 11.3 Å². The summed E-state index contributed by atoms with van der Waals surface area (Å²) in [4.78, 5) is 14.3. The van der Waals surface area contributed by atoms with Crippen molar-refractivity contribution in [2.24, 2.45) is 5.41 Å². The van der Waals surface area contributed by atoms with Crippen molar-refractivity contribution in [3.63, 3.8) is 0 Å². The zero-order chi connectivity index (χ0) is 23.0. The molecular weight excluding hydrogens is 380 g/mol. The van der Waals surface area contributed by atoms with Gasteiger partial charge in [0.1, 0.15) is 0 Å². The molecule has 1 aliphatic carbocycles. The Hall–Kier alpha value is -2.81. The van der Waals surface area contributed by atoms with Crippen LogP contribution in [0.5, 0.6) is 0 Å². The maximum absolute atomic E-state index is 12.2. The van der Waals surface area contributed by atoms with Gasteiger partial charge in [0.2, 0.25) is 5.91 Å². The summed E-state index contributed by atoms with van der Waals surface area (Å²) in [5.41, 5.74) is 7.23. The van der Waals surface area contributed by atoms with Gasteiger partial charge in [-0.15, -0.1) is 0 Å².